The molecule has 4 nitrogen and oxygen atoms in total. The van der Waals surface area contributed by atoms with Crippen molar-refractivity contribution in [2.45, 2.75) is 32.2 Å². The van der Waals surface area contributed by atoms with Gasteiger partial charge in [0.2, 0.25) is 0 Å². The molecule has 2 bridgehead atoms. The summed E-state index contributed by atoms with van der Waals surface area (Å²) in [6.45, 7) is 2.03. The fourth-order valence-electron chi connectivity index (χ4n) is 4.06. The predicted molar refractivity (Wildman–Crippen MR) is 81.3 cm³/mol. The van der Waals surface area contributed by atoms with Gasteiger partial charge in [-0.15, -0.1) is 0 Å². The van der Waals surface area contributed by atoms with Crippen molar-refractivity contribution in [3.8, 4) is 0 Å². The van der Waals surface area contributed by atoms with Crippen LogP contribution in [-0.2, 0) is 6.54 Å². The standard InChI is InChI=1S/C15H19BrN4/c16-14-9-20-13(7-19-15(20)8-18-14)6-17-5-12-4-10-1-2-11(12)3-10/h7-12,17H,1-6H2. The number of nitrogens with zero attached hydrogens (tertiary/aromatic N) is 3. The molecule has 2 aliphatic rings. The molecule has 0 aromatic carbocycles. The highest BCUT2D eigenvalue weighted by atomic mass is 79.9. The van der Waals surface area contributed by atoms with Crippen LogP contribution in [0.3, 0.4) is 0 Å². The first-order valence-electron chi connectivity index (χ1n) is 7.48. The highest BCUT2D eigenvalue weighted by Crippen LogP contribution is 2.47. The fraction of sp³-hybridized carbons (Fsp3) is 0.600. The Bertz CT molecular complexity index is 623. The average molecular weight is 335 g/mol. The third-order valence-electron chi connectivity index (χ3n) is 5.04. The zero-order valence-corrected chi connectivity index (χ0v) is 13.0. The number of imidazole rings is 1. The molecule has 3 unspecified atom stereocenters. The summed E-state index contributed by atoms with van der Waals surface area (Å²) < 4.78 is 2.95. The molecule has 0 spiro atoms. The van der Waals surface area contributed by atoms with E-state index >= 15 is 0 Å². The number of rotatable bonds is 4. The van der Waals surface area contributed by atoms with Crippen molar-refractivity contribution >= 4 is 21.6 Å². The molecule has 2 aromatic heterocycles. The van der Waals surface area contributed by atoms with Crippen LogP contribution >= 0.6 is 15.9 Å². The zero-order chi connectivity index (χ0) is 13.5. The molecular formula is C15H19BrN4. The zero-order valence-electron chi connectivity index (χ0n) is 11.4. The van der Waals surface area contributed by atoms with Crippen molar-refractivity contribution in [2.24, 2.45) is 17.8 Å². The lowest BCUT2D eigenvalue weighted by atomic mass is 9.89. The first-order chi connectivity index (χ1) is 9.79. The first kappa shape index (κ1) is 12.8. The number of fused-ring (bicyclic) bond motifs is 3. The Morgan fingerprint density at radius 3 is 3.00 bits per heavy atom. The van der Waals surface area contributed by atoms with Crippen LogP contribution in [0.5, 0.6) is 0 Å². The van der Waals surface area contributed by atoms with Gasteiger partial charge in [-0.05, 0) is 59.5 Å². The minimum atomic E-state index is 0.845. The summed E-state index contributed by atoms with van der Waals surface area (Å²) >= 11 is 3.42. The van der Waals surface area contributed by atoms with Crippen molar-refractivity contribution in [1.82, 2.24) is 19.7 Å². The molecule has 3 atom stereocenters. The predicted octanol–water partition coefficient (Wildman–Crippen LogP) is 3.02. The lowest BCUT2D eigenvalue weighted by Gasteiger charge is -2.21. The molecule has 0 aliphatic heterocycles. The van der Waals surface area contributed by atoms with Crippen LogP contribution in [0, 0.1) is 17.8 Å². The minimum absolute atomic E-state index is 0.845. The average Bonchev–Trinajstić information content (AvgIpc) is 3.14. The van der Waals surface area contributed by atoms with Gasteiger partial charge in [0.05, 0.1) is 18.1 Å². The second-order valence-corrected chi connectivity index (χ2v) is 7.07. The Kier molecular flexibility index (Phi) is 3.27. The molecule has 4 rings (SSSR count). The molecule has 106 valence electrons. The van der Waals surface area contributed by atoms with Crippen molar-refractivity contribution in [3.05, 3.63) is 28.9 Å². The number of nitrogens with one attached hydrogen (secondary N) is 1. The smallest absolute Gasteiger partial charge is 0.155 e. The Balaban J connectivity index is 1.40. The van der Waals surface area contributed by atoms with Crippen LogP contribution in [0.15, 0.2) is 23.2 Å². The van der Waals surface area contributed by atoms with E-state index in [1.54, 1.807) is 6.20 Å². The van der Waals surface area contributed by atoms with E-state index in [4.69, 9.17) is 0 Å². The molecule has 5 heteroatoms. The molecule has 0 amide bonds. The maximum atomic E-state index is 4.39. The number of hydrogen-bond acceptors (Lipinski definition) is 3. The highest BCUT2D eigenvalue weighted by molar-refractivity contribution is 9.10. The summed E-state index contributed by atoms with van der Waals surface area (Å²) in [7, 11) is 0. The summed E-state index contributed by atoms with van der Waals surface area (Å²) in [6.07, 6.45) is 11.6. The Morgan fingerprint density at radius 2 is 2.20 bits per heavy atom. The minimum Gasteiger partial charge on any atom is -0.311 e. The van der Waals surface area contributed by atoms with Gasteiger partial charge in [-0.1, -0.05) is 6.42 Å². The van der Waals surface area contributed by atoms with Crippen LogP contribution in [0.1, 0.15) is 31.4 Å². The molecule has 2 heterocycles. The Labute approximate surface area is 127 Å². The van der Waals surface area contributed by atoms with Crippen LogP contribution in [-0.4, -0.2) is 20.9 Å². The number of halogens is 1. The summed E-state index contributed by atoms with van der Waals surface area (Å²) in [5, 5.41) is 3.63. The van der Waals surface area contributed by atoms with Crippen LogP contribution in [0.2, 0.25) is 0 Å². The molecule has 2 saturated carbocycles. The maximum absolute atomic E-state index is 4.39. The van der Waals surface area contributed by atoms with Gasteiger partial charge in [-0.3, -0.25) is 4.40 Å². The summed E-state index contributed by atoms with van der Waals surface area (Å²) in [4.78, 5) is 8.59. The van der Waals surface area contributed by atoms with Crippen LogP contribution in [0.25, 0.3) is 5.65 Å². The van der Waals surface area contributed by atoms with E-state index in [-0.39, 0.29) is 0 Å². The van der Waals surface area contributed by atoms with E-state index in [0.29, 0.717) is 0 Å². The summed E-state index contributed by atoms with van der Waals surface area (Å²) in [5.41, 5.74) is 2.11. The molecule has 0 radical (unpaired) electrons. The van der Waals surface area contributed by atoms with Crippen LogP contribution in [0.4, 0.5) is 0 Å². The molecule has 20 heavy (non-hydrogen) atoms. The van der Waals surface area contributed by atoms with Gasteiger partial charge in [-0.2, -0.15) is 0 Å². The lowest BCUT2D eigenvalue weighted by molar-refractivity contribution is 0.318. The monoisotopic (exact) mass is 334 g/mol. The third kappa shape index (κ3) is 2.27. The molecule has 1 N–H and O–H groups in total. The number of hydrogen-bond donors (Lipinski definition) is 1. The third-order valence-corrected chi connectivity index (χ3v) is 5.45. The first-order valence-corrected chi connectivity index (χ1v) is 8.27. The number of aromatic nitrogens is 3. The van der Waals surface area contributed by atoms with E-state index in [1.807, 2.05) is 12.4 Å². The second kappa shape index (κ2) is 5.11. The lowest BCUT2D eigenvalue weighted by Crippen LogP contribution is -2.26. The van der Waals surface area contributed by atoms with Crippen molar-refractivity contribution in [3.63, 3.8) is 0 Å². The molecule has 2 aliphatic carbocycles. The quantitative estimate of drug-likeness (QED) is 0.934. The van der Waals surface area contributed by atoms with Gasteiger partial charge < -0.3 is 5.32 Å². The van der Waals surface area contributed by atoms with E-state index in [9.17, 15) is 0 Å². The van der Waals surface area contributed by atoms with Gasteiger partial charge in [0.15, 0.2) is 5.65 Å². The fourth-order valence-corrected chi connectivity index (χ4v) is 4.37. The van der Waals surface area contributed by atoms with Gasteiger partial charge >= 0.3 is 0 Å². The Morgan fingerprint density at radius 1 is 1.25 bits per heavy atom. The van der Waals surface area contributed by atoms with Gasteiger partial charge in [0.1, 0.15) is 4.60 Å². The molecule has 2 fully saturated rings. The SMILES string of the molecule is Brc1cn2c(CNCC3CC4CCC3C4)cnc2cn1. The highest BCUT2D eigenvalue weighted by Gasteiger charge is 2.38. The van der Waals surface area contributed by atoms with E-state index < -0.39 is 0 Å². The largest absolute Gasteiger partial charge is 0.311 e. The van der Waals surface area contributed by atoms with Gasteiger partial charge in [0, 0.05) is 12.7 Å². The normalized spacial score (nSPS) is 28.6. The van der Waals surface area contributed by atoms with E-state index in [1.165, 1.54) is 31.4 Å². The topological polar surface area (TPSA) is 42.2 Å². The summed E-state index contributed by atoms with van der Waals surface area (Å²) in [6, 6.07) is 0. The van der Waals surface area contributed by atoms with Crippen molar-refractivity contribution in [2.75, 3.05) is 6.54 Å². The Hall–Kier alpha value is -0.940. The molecule has 2 aromatic rings. The van der Waals surface area contributed by atoms with Gasteiger partial charge in [-0.25, -0.2) is 9.97 Å². The van der Waals surface area contributed by atoms with Crippen molar-refractivity contribution < 1.29 is 0 Å². The summed E-state index contributed by atoms with van der Waals surface area (Å²) in [5.74, 6) is 2.93. The second-order valence-electron chi connectivity index (χ2n) is 6.25. The van der Waals surface area contributed by atoms with Crippen LogP contribution < -0.4 is 5.32 Å². The maximum Gasteiger partial charge on any atom is 0.155 e. The van der Waals surface area contributed by atoms with E-state index in [0.717, 1.165) is 41.1 Å². The molecular weight excluding hydrogens is 316 g/mol. The van der Waals surface area contributed by atoms with Crippen molar-refractivity contribution in [1.29, 1.82) is 0 Å². The van der Waals surface area contributed by atoms with E-state index in [2.05, 4.69) is 35.6 Å². The molecule has 0 saturated heterocycles. The van der Waals surface area contributed by atoms with Gasteiger partial charge in [0.25, 0.3) is 0 Å².